The van der Waals surface area contributed by atoms with Crippen LogP contribution in [0.2, 0.25) is 0 Å². The normalized spacial score (nSPS) is 10.3. The van der Waals surface area contributed by atoms with E-state index in [1.807, 2.05) is 19.1 Å². The van der Waals surface area contributed by atoms with E-state index in [0.29, 0.717) is 12.4 Å². The Hall–Kier alpha value is -1.42. The van der Waals surface area contributed by atoms with Crippen LogP contribution in [0.1, 0.15) is 11.1 Å². The van der Waals surface area contributed by atoms with Gasteiger partial charge in [0.25, 0.3) is 0 Å². The standard InChI is InChI=1S/C13H11BrFNO/c1-9-6-11(15)3-2-10(9)8-17-12-4-5-13(14)16-7-12/h2-7H,8H2,1H3. The summed E-state index contributed by atoms with van der Waals surface area (Å²) in [5.74, 6) is 0.466. The van der Waals surface area contributed by atoms with Crippen LogP contribution < -0.4 is 4.74 Å². The molecule has 2 aromatic rings. The first kappa shape index (κ1) is 12.0. The van der Waals surface area contributed by atoms with Crippen molar-refractivity contribution in [3.63, 3.8) is 0 Å². The van der Waals surface area contributed by atoms with Gasteiger partial charge in [0.15, 0.2) is 0 Å². The molecule has 17 heavy (non-hydrogen) atoms. The smallest absolute Gasteiger partial charge is 0.138 e. The molecule has 0 saturated carbocycles. The summed E-state index contributed by atoms with van der Waals surface area (Å²) in [6, 6.07) is 8.31. The number of pyridine rings is 1. The molecule has 88 valence electrons. The van der Waals surface area contributed by atoms with Gasteiger partial charge in [-0.2, -0.15) is 0 Å². The second kappa shape index (κ2) is 5.27. The average molecular weight is 296 g/mol. The van der Waals surface area contributed by atoms with Crippen LogP contribution in [0.5, 0.6) is 5.75 Å². The van der Waals surface area contributed by atoms with Gasteiger partial charge in [0, 0.05) is 0 Å². The average Bonchev–Trinajstić information content (AvgIpc) is 2.30. The first-order valence-electron chi connectivity index (χ1n) is 5.14. The molecule has 0 N–H and O–H groups in total. The van der Waals surface area contributed by atoms with E-state index in [2.05, 4.69) is 20.9 Å². The molecule has 1 aromatic heterocycles. The van der Waals surface area contributed by atoms with E-state index in [0.717, 1.165) is 15.7 Å². The van der Waals surface area contributed by atoms with E-state index in [1.54, 1.807) is 12.3 Å². The summed E-state index contributed by atoms with van der Waals surface area (Å²) in [5, 5.41) is 0. The zero-order chi connectivity index (χ0) is 12.3. The number of hydrogen-bond acceptors (Lipinski definition) is 2. The Bertz CT molecular complexity index is 513. The molecule has 0 radical (unpaired) electrons. The molecule has 1 heterocycles. The molecule has 0 bridgehead atoms. The van der Waals surface area contributed by atoms with Gasteiger partial charge in [-0.15, -0.1) is 0 Å². The largest absolute Gasteiger partial charge is 0.487 e. The van der Waals surface area contributed by atoms with Crippen LogP contribution in [-0.2, 0) is 6.61 Å². The topological polar surface area (TPSA) is 22.1 Å². The van der Waals surface area contributed by atoms with Gasteiger partial charge in [-0.1, -0.05) is 6.07 Å². The summed E-state index contributed by atoms with van der Waals surface area (Å²) in [5.41, 5.74) is 1.85. The number of rotatable bonds is 3. The van der Waals surface area contributed by atoms with Gasteiger partial charge in [-0.3, -0.25) is 0 Å². The Labute approximate surface area is 108 Å². The van der Waals surface area contributed by atoms with Gasteiger partial charge in [0.2, 0.25) is 0 Å². The highest BCUT2D eigenvalue weighted by atomic mass is 79.9. The molecule has 0 amide bonds. The first-order valence-corrected chi connectivity index (χ1v) is 5.94. The Morgan fingerprint density at radius 1 is 1.29 bits per heavy atom. The second-order valence-corrected chi connectivity index (χ2v) is 4.49. The summed E-state index contributed by atoms with van der Waals surface area (Å²) in [6.45, 7) is 2.27. The minimum Gasteiger partial charge on any atom is -0.487 e. The highest BCUT2D eigenvalue weighted by Crippen LogP contribution is 2.16. The number of aryl methyl sites for hydroxylation is 1. The van der Waals surface area contributed by atoms with Crippen LogP contribution in [0.15, 0.2) is 41.1 Å². The van der Waals surface area contributed by atoms with Crippen molar-refractivity contribution in [2.24, 2.45) is 0 Å². The molecular weight excluding hydrogens is 285 g/mol. The highest BCUT2D eigenvalue weighted by molar-refractivity contribution is 9.10. The fourth-order valence-electron chi connectivity index (χ4n) is 1.43. The molecule has 0 fully saturated rings. The van der Waals surface area contributed by atoms with Gasteiger partial charge in [-0.05, 0) is 58.2 Å². The van der Waals surface area contributed by atoms with Gasteiger partial charge in [-0.25, -0.2) is 9.37 Å². The maximum absolute atomic E-state index is 12.9. The number of benzene rings is 1. The van der Waals surface area contributed by atoms with Crippen LogP contribution in [-0.4, -0.2) is 4.98 Å². The van der Waals surface area contributed by atoms with Crippen LogP contribution in [0, 0.1) is 12.7 Å². The monoisotopic (exact) mass is 295 g/mol. The van der Waals surface area contributed by atoms with Crippen LogP contribution in [0.4, 0.5) is 4.39 Å². The summed E-state index contributed by atoms with van der Waals surface area (Å²) >= 11 is 3.25. The van der Waals surface area contributed by atoms with Crippen molar-refractivity contribution in [3.05, 3.63) is 58.1 Å². The van der Waals surface area contributed by atoms with E-state index < -0.39 is 0 Å². The molecule has 0 spiro atoms. The highest BCUT2D eigenvalue weighted by Gasteiger charge is 2.01. The molecular formula is C13H11BrFNO. The van der Waals surface area contributed by atoms with E-state index >= 15 is 0 Å². The van der Waals surface area contributed by atoms with Gasteiger partial charge < -0.3 is 4.74 Å². The first-order chi connectivity index (χ1) is 8.15. The fourth-order valence-corrected chi connectivity index (χ4v) is 1.66. The third-order valence-corrected chi connectivity index (χ3v) is 2.87. The summed E-state index contributed by atoms with van der Waals surface area (Å²) in [4.78, 5) is 4.06. The molecule has 0 aliphatic heterocycles. The Kier molecular flexibility index (Phi) is 3.74. The maximum atomic E-state index is 12.9. The Balaban J connectivity index is 2.04. The fraction of sp³-hybridized carbons (Fsp3) is 0.154. The molecule has 2 nitrogen and oxygen atoms in total. The third kappa shape index (κ3) is 3.27. The van der Waals surface area contributed by atoms with Crippen LogP contribution >= 0.6 is 15.9 Å². The minimum atomic E-state index is -0.225. The summed E-state index contributed by atoms with van der Waals surface area (Å²) in [6.07, 6.45) is 1.64. The van der Waals surface area contributed by atoms with Gasteiger partial charge >= 0.3 is 0 Å². The van der Waals surface area contributed by atoms with Crippen molar-refractivity contribution in [2.45, 2.75) is 13.5 Å². The zero-order valence-corrected chi connectivity index (χ0v) is 10.9. The second-order valence-electron chi connectivity index (χ2n) is 3.68. The Morgan fingerprint density at radius 3 is 2.76 bits per heavy atom. The van der Waals surface area contributed by atoms with Crippen molar-refractivity contribution in [3.8, 4) is 5.75 Å². The summed E-state index contributed by atoms with van der Waals surface area (Å²) < 4.78 is 19.2. The van der Waals surface area contributed by atoms with E-state index in [4.69, 9.17) is 4.74 Å². The molecule has 2 rings (SSSR count). The molecule has 0 saturated heterocycles. The Morgan fingerprint density at radius 2 is 2.12 bits per heavy atom. The predicted molar refractivity (Wildman–Crippen MR) is 67.4 cm³/mol. The zero-order valence-electron chi connectivity index (χ0n) is 9.28. The van der Waals surface area contributed by atoms with Crippen molar-refractivity contribution in [1.29, 1.82) is 0 Å². The van der Waals surface area contributed by atoms with Crippen molar-refractivity contribution >= 4 is 15.9 Å². The molecule has 0 atom stereocenters. The van der Waals surface area contributed by atoms with Crippen LogP contribution in [0.25, 0.3) is 0 Å². The lowest BCUT2D eigenvalue weighted by molar-refractivity contribution is 0.304. The SMILES string of the molecule is Cc1cc(F)ccc1COc1ccc(Br)nc1. The van der Waals surface area contributed by atoms with Gasteiger partial charge in [0.05, 0.1) is 6.20 Å². The molecule has 0 unspecified atom stereocenters. The van der Waals surface area contributed by atoms with E-state index in [9.17, 15) is 4.39 Å². The summed E-state index contributed by atoms with van der Waals surface area (Å²) in [7, 11) is 0. The predicted octanol–water partition coefficient (Wildman–Crippen LogP) is 3.87. The lowest BCUT2D eigenvalue weighted by Gasteiger charge is -2.08. The lowest BCUT2D eigenvalue weighted by Crippen LogP contribution is -1.98. The lowest BCUT2D eigenvalue weighted by atomic mass is 10.1. The van der Waals surface area contributed by atoms with Crippen molar-refractivity contribution < 1.29 is 9.13 Å². The number of halogens is 2. The van der Waals surface area contributed by atoms with E-state index in [-0.39, 0.29) is 5.82 Å². The van der Waals surface area contributed by atoms with Crippen LogP contribution in [0.3, 0.4) is 0 Å². The number of ether oxygens (including phenoxy) is 1. The maximum Gasteiger partial charge on any atom is 0.138 e. The van der Waals surface area contributed by atoms with E-state index in [1.165, 1.54) is 12.1 Å². The molecule has 1 aromatic carbocycles. The minimum absolute atomic E-state index is 0.225. The molecule has 4 heteroatoms. The number of nitrogens with zero attached hydrogens (tertiary/aromatic N) is 1. The number of aromatic nitrogens is 1. The van der Waals surface area contributed by atoms with Gasteiger partial charge in [0.1, 0.15) is 22.8 Å². The third-order valence-electron chi connectivity index (χ3n) is 2.40. The molecule has 0 aliphatic carbocycles. The van der Waals surface area contributed by atoms with Crippen molar-refractivity contribution in [1.82, 2.24) is 4.98 Å². The quantitative estimate of drug-likeness (QED) is 0.802. The molecule has 0 aliphatic rings. The number of hydrogen-bond donors (Lipinski definition) is 0. The van der Waals surface area contributed by atoms with Crippen molar-refractivity contribution in [2.75, 3.05) is 0 Å².